The Bertz CT molecular complexity index is 290. The minimum absolute atomic E-state index is 0.0161. The van der Waals surface area contributed by atoms with Crippen LogP contribution in [0.1, 0.15) is 46.0 Å². The van der Waals surface area contributed by atoms with Crippen molar-refractivity contribution in [3.05, 3.63) is 0 Å². The second kappa shape index (κ2) is 5.27. The minimum atomic E-state index is -3.17. The van der Waals surface area contributed by atoms with Crippen molar-refractivity contribution in [3.63, 3.8) is 0 Å². The quantitative estimate of drug-likeness (QED) is 0.761. The first kappa shape index (κ1) is 12.9. The molecule has 0 aromatic carbocycles. The Morgan fingerprint density at radius 3 is 2.53 bits per heavy atom. The highest BCUT2D eigenvalue weighted by atomic mass is 32.2. The summed E-state index contributed by atoms with van der Waals surface area (Å²) in [6.07, 6.45) is 4.62. The summed E-state index contributed by atoms with van der Waals surface area (Å²) >= 11 is 0. The monoisotopic (exact) mass is 234 g/mol. The van der Waals surface area contributed by atoms with Crippen molar-refractivity contribution < 1.29 is 8.42 Å². The third kappa shape index (κ3) is 3.43. The van der Waals surface area contributed by atoms with Gasteiger partial charge in [-0.15, -0.1) is 0 Å². The van der Waals surface area contributed by atoms with Crippen LogP contribution in [0, 0.1) is 0 Å². The molecule has 1 rings (SSSR count). The smallest absolute Gasteiger partial charge is 0.214 e. The molecule has 4 nitrogen and oxygen atoms in total. The predicted octanol–water partition coefficient (Wildman–Crippen LogP) is 0.974. The molecule has 0 heterocycles. The Morgan fingerprint density at radius 2 is 2.00 bits per heavy atom. The number of nitrogens with two attached hydrogens (primary N) is 1. The maximum atomic E-state index is 11.8. The molecule has 5 heteroatoms. The van der Waals surface area contributed by atoms with Crippen molar-refractivity contribution in [3.8, 4) is 0 Å². The summed E-state index contributed by atoms with van der Waals surface area (Å²) < 4.78 is 26.4. The normalized spacial score (nSPS) is 30.1. The van der Waals surface area contributed by atoms with Gasteiger partial charge in [-0.25, -0.2) is 13.1 Å². The molecule has 3 N–H and O–H groups in total. The predicted molar refractivity (Wildman–Crippen MR) is 62.0 cm³/mol. The molecular formula is C10H22N2O2S. The molecule has 15 heavy (non-hydrogen) atoms. The van der Waals surface area contributed by atoms with Crippen molar-refractivity contribution >= 4 is 10.0 Å². The lowest BCUT2D eigenvalue weighted by Gasteiger charge is -2.30. The molecule has 0 saturated heterocycles. The van der Waals surface area contributed by atoms with Crippen LogP contribution in [0.2, 0.25) is 0 Å². The molecule has 0 spiro atoms. The third-order valence-electron chi connectivity index (χ3n) is 3.24. The molecule has 0 aromatic rings. The fraction of sp³-hybridized carbons (Fsp3) is 1.00. The highest BCUT2D eigenvalue weighted by Crippen LogP contribution is 2.18. The first-order valence-electron chi connectivity index (χ1n) is 5.74. The van der Waals surface area contributed by atoms with Crippen LogP contribution in [0.5, 0.6) is 0 Å². The van der Waals surface area contributed by atoms with Crippen molar-refractivity contribution in [2.24, 2.45) is 5.73 Å². The van der Waals surface area contributed by atoms with Crippen LogP contribution in [-0.4, -0.2) is 25.8 Å². The van der Waals surface area contributed by atoms with Gasteiger partial charge < -0.3 is 5.73 Å². The van der Waals surface area contributed by atoms with Crippen molar-refractivity contribution in [2.75, 3.05) is 0 Å². The Hall–Kier alpha value is -0.130. The number of rotatable bonds is 4. The van der Waals surface area contributed by atoms with Crippen LogP contribution < -0.4 is 10.5 Å². The lowest BCUT2D eigenvalue weighted by Crippen LogP contribution is -2.51. The number of hydrogen-bond donors (Lipinski definition) is 2. The van der Waals surface area contributed by atoms with Gasteiger partial charge in [0.05, 0.1) is 5.25 Å². The van der Waals surface area contributed by atoms with E-state index < -0.39 is 10.0 Å². The van der Waals surface area contributed by atoms with E-state index in [1.54, 1.807) is 6.92 Å². The minimum Gasteiger partial charge on any atom is -0.326 e. The van der Waals surface area contributed by atoms with Crippen molar-refractivity contribution in [1.29, 1.82) is 0 Å². The van der Waals surface area contributed by atoms with Gasteiger partial charge in [-0.2, -0.15) is 0 Å². The fourth-order valence-electron chi connectivity index (χ4n) is 1.85. The first-order chi connectivity index (χ1) is 6.97. The summed E-state index contributed by atoms with van der Waals surface area (Å²) in [6, 6.07) is -0.0738. The molecule has 0 bridgehead atoms. The zero-order chi connectivity index (χ0) is 11.5. The lowest BCUT2D eigenvalue weighted by atomic mass is 9.92. The Morgan fingerprint density at radius 1 is 1.40 bits per heavy atom. The van der Waals surface area contributed by atoms with Crippen LogP contribution in [0.3, 0.4) is 0 Å². The van der Waals surface area contributed by atoms with Gasteiger partial charge in [-0.05, 0) is 26.2 Å². The Kier molecular flexibility index (Phi) is 4.55. The van der Waals surface area contributed by atoms with Crippen LogP contribution in [0.15, 0.2) is 0 Å². The third-order valence-corrected chi connectivity index (χ3v) is 5.26. The first-order valence-corrected chi connectivity index (χ1v) is 7.28. The standard InChI is InChI=1S/C10H22N2O2S/c1-3-8(2)15(13,14)12-10-7-5-4-6-9(10)11/h8-10,12H,3-7,11H2,1-2H3. The van der Waals surface area contributed by atoms with Crippen LogP contribution in [0.4, 0.5) is 0 Å². The zero-order valence-electron chi connectivity index (χ0n) is 9.57. The number of nitrogens with one attached hydrogen (secondary N) is 1. The average molecular weight is 234 g/mol. The maximum absolute atomic E-state index is 11.8. The van der Waals surface area contributed by atoms with Crippen molar-refractivity contribution in [2.45, 2.75) is 63.3 Å². The van der Waals surface area contributed by atoms with Crippen LogP contribution >= 0.6 is 0 Å². The van der Waals surface area contributed by atoms with E-state index in [1.165, 1.54) is 0 Å². The molecule has 0 aromatic heterocycles. The molecule has 1 aliphatic carbocycles. The summed E-state index contributed by atoms with van der Waals surface area (Å²) in [5.74, 6) is 0. The highest BCUT2D eigenvalue weighted by molar-refractivity contribution is 7.90. The SMILES string of the molecule is CCC(C)S(=O)(=O)NC1CCCCC1N. The van der Waals surface area contributed by atoms with Crippen molar-refractivity contribution in [1.82, 2.24) is 4.72 Å². The largest absolute Gasteiger partial charge is 0.326 e. The molecule has 90 valence electrons. The molecular weight excluding hydrogens is 212 g/mol. The molecule has 0 aliphatic heterocycles. The van der Waals surface area contributed by atoms with Gasteiger partial charge in [0.1, 0.15) is 0 Å². The van der Waals surface area contributed by atoms with Gasteiger partial charge in [-0.1, -0.05) is 19.8 Å². The lowest BCUT2D eigenvalue weighted by molar-refractivity contribution is 0.360. The second-order valence-electron chi connectivity index (χ2n) is 4.44. The Balaban J connectivity index is 2.59. The van der Waals surface area contributed by atoms with E-state index in [2.05, 4.69) is 4.72 Å². The summed E-state index contributed by atoms with van der Waals surface area (Å²) in [5, 5.41) is -0.327. The van der Waals surface area contributed by atoms with E-state index in [1.807, 2.05) is 6.92 Å². The molecule has 1 aliphatic rings. The van der Waals surface area contributed by atoms with E-state index in [0.717, 1.165) is 25.7 Å². The molecule has 1 fully saturated rings. The van der Waals surface area contributed by atoms with E-state index in [-0.39, 0.29) is 17.3 Å². The summed E-state index contributed by atoms with van der Waals surface area (Å²) in [6.45, 7) is 3.61. The fourth-order valence-corrected chi connectivity index (χ4v) is 3.24. The van der Waals surface area contributed by atoms with Gasteiger partial charge in [0.2, 0.25) is 10.0 Å². The van der Waals surface area contributed by atoms with Gasteiger partial charge in [0.15, 0.2) is 0 Å². The van der Waals surface area contributed by atoms with Gasteiger partial charge >= 0.3 is 0 Å². The second-order valence-corrected chi connectivity index (χ2v) is 6.57. The van der Waals surface area contributed by atoms with Crippen LogP contribution in [0.25, 0.3) is 0 Å². The Labute approximate surface area is 92.7 Å². The average Bonchev–Trinajstić information content (AvgIpc) is 2.20. The maximum Gasteiger partial charge on any atom is 0.214 e. The summed E-state index contributed by atoms with van der Waals surface area (Å²) in [5.41, 5.74) is 5.90. The summed E-state index contributed by atoms with van der Waals surface area (Å²) in [4.78, 5) is 0. The van der Waals surface area contributed by atoms with Crippen LogP contribution in [-0.2, 0) is 10.0 Å². The van der Waals surface area contributed by atoms with Gasteiger partial charge in [0.25, 0.3) is 0 Å². The van der Waals surface area contributed by atoms with E-state index >= 15 is 0 Å². The molecule has 3 unspecified atom stereocenters. The summed E-state index contributed by atoms with van der Waals surface area (Å²) in [7, 11) is -3.17. The topological polar surface area (TPSA) is 72.2 Å². The number of hydrogen-bond acceptors (Lipinski definition) is 3. The molecule has 0 amide bonds. The molecule has 3 atom stereocenters. The van der Waals surface area contributed by atoms with E-state index in [4.69, 9.17) is 5.73 Å². The zero-order valence-corrected chi connectivity index (χ0v) is 10.4. The molecule has 1 saturated carbocycles. The number of sulfonamides is 1. The van der Waals surface area contributed by atoms with E-state index in [0.29, 0.717) is 6.42 Å². The molecule has 0 radical (unpaired) electrons. The van der Waals surface area contributed by atoms with Gasteiger partial charge in [-0.3, -0.25) is 0 Å². The highest BCUT2D eigenvalue weighted by Gasteiger charge is 2.28. The van der Waals surface area contributed by atoms with E-state index in [9.17, 15) is 8.42 Å². The van der Waals surface area contributed by atoms with Gasteiger partial charge in [0, 0.05) is 12.1 Å².